The number of carbonyl (C=O) groups excluding carboxylic acids is 1. The number of piperidine rings is 1. The van der Waals surface area contributed by atoms with Crippen molar-refractivity contribution in [2.45, 2.75) is 50.7 Å². The van der Waals surface area contributed by atoms with E-state index in [9.17, 15) is 13.2 Å². The number of aliphatic imine (C=N–C) groups is 1. The minimum atomic E-state index is -3.14. The van der Waals surface area contributed by atoms with Gasteiger partial charge in [-0.25, -0.2) is 9.67 Å². The molecule has 0 aromatic carbocycles. The Morgan fingerprint density at radius 3 is 2.74 bits per heavy atom. The summed E-state index contributed by atoms with van der Waals surface area (Å²) in [6.07, 6.45) is 6.58. The van der Waals surface area contributed by atoms with Gasteiger partial charge >= 0.3 is 0 Å². The second-order valence-corrected chi connectivity index (χ2v) is 9.54. The van der Waals surface area contributed by atoms with E-state index in [1.807, 2.05) is 26.1 Å². The zero-order valence-electron chi connectivity index (χ0n) is 19.2. The van der Waals surface area contributed by atoms with E-state index in [2.05, 4.69) is 15.0 Å². The monoisotopic (exact) mass is 496 g/mol. The van der Waals surface area contributed by atoms with Crippen molar-refractivity contribution in [3.8, 4) is 0 Å². The maximum Gasteiger partial charge on any atom is 0.297 e. The van der Waals surface area contributed by atoms with Gasteiger partial charge in [-0.2, -0.15) is 18.3 Å². The Labute approximate surface area is 199 Å². The number of aryl methyl sites for hydroxylation is 1. The predicted molar refractivity (Wildman–Crippen MR) is 122 cm³/mol. The molecule has 1 saturated heterocycles. The molecule has 0 saturated carbocycles. The SMILES string of the molecule is C=O.COC1=C(n2cc(CN3CCC4(CC3)OCC(F)(F)c3cc(F)sc34)c(C)n2)N=CCC1. The Morgan fingerprint density at radius 2 is 2.03 bits per heavy atom. The van der Waals surface area contributed by atoms with E-state index in [0.717, 1.165) is 47.3 Å². The fourth-order valence-corrected chi connectivity index (χ4v) is 5.84. The fourth-order valence-electron chi connectivity index (χ4n) is 4.70. The largest absolute Gasteiger partial charge is 0.497 e. The third-order valence-corrected chi connectivity index (χ3v) is 7.63. The Balaban J connectivity index is 0.00000133. The van der Waals surface area contributed by atoms with Gasteiger partial charge in [0, 0.05) is 54.5 Å². The maximum absolute atomic E-state index is 14.2. The summed E-state index contributed by atoms with van der Waals surface area (Å²) < 4.78 is 55.3. The molecule has 0 amide bonds. The van der Waals surface area contributed by atoms with Crippen LogP contribution in [0, 0.1) is 12.1 Å². The van der Waals surface area contributed by atoms with E-state index in [4.69, 9.17) is 14.3 Å². The number of ether oxygens (including phenoxy) is 2. The molecule has 0 aliphatic carbocycles. The summed E-state index contributed by atoms with van der Waals surface area (Å²) in [5.74, 6) is -1.62. The quantitative estimate of drug-likeness (QED) is 0.625. The average Bonchev–Trinajstić information content (AvgIpc) is 3.43. The van der Waals surface area contributed by atoms with Gasteiger partial charge in [-0.3, -0.25) is 4.90 Å². The lowest BCUT2D eigenvalue weighted by molar-refractivity contribution is -0.182. The summed E-state index contributed by atoms with van der Waals surface area (Å²) >= 11 is 0.793. The van der Waals surface area contributed by atoms with Crippen molar-refractivity contribution in [1.82, 2.24) is 14.7 Å². The van der Waals surface area contributed by atoms with Crippen molar-refractivity contribution in [1.29, 1.82) is 0 Å². The lowest BCUT2D eigenvalue weighted by Gasteiger charge is -2.45. The summed E-state index contributed by atoms with van der Waals surface area (Å²) in [6.45, 7) is 5.28. The predicted octanol–water partition coefficient (Wildman–Crippen LogP) is 4.46. The number of allylic oxidation sites excluding steroid dienone is 1. The lowest BCUT2D eigenvalue weighted by Crippen LogP contribution is -2.48. The van der Waals surface area contributed by atoms with Crippen molar-refractivity contribution in [2.75, 3.05) is 26.8 Å². The summed E-state index contributed by atoms with van der Waals surface area (Å²) in [6, 6.07) is 0.977. The minimum Gasteiger partial charge on any atom is -0.497 e. The van der Waals surface area contributed by atoms with Crippen molar-refractivity contribution in [2.24, 2.45) is 4.99 Å². The van der Waals surface area contributed by atoms with Crippen LogP contribution in [0.15, 0.2) is 23.0 Å². The highest BCUT2D eigenvalue weighted by Gasteiger charge is 2.51. The molecule has 7 nitrogen and oxygen atoms in total. The molecule has 3 aliphatic rings. The Hall–Kier alpha value is -2.50. The second kappa shape index (κ2) is 9.63. The molecule has 0 atom stereocenters. The van der Waals surface area contributed by atoms with Gasteiger partial charge in [-0.1, -0.05) is 0 Å². The first-order valence-electron chi connectivity index (χ1n) is 11.0. The third-order valence-electron chi connectivity index (χ3n) is 6.52. The zero-order valence-corrected chi connectivity index (χ0v) is 20.0. The van der Waals surface area contributed by atoms with E-state index in [-0.39, 0.29) is 5.56 Å². The van der Waals surface area contributed by atoms with Gasteiger partial charge in [0.1, 0.15) is 24.8 Å². The van der Waals surface area contributed by atoms with Crippen LogP contribution in [0.1, 0.15) is 47.4 Å². The first-order chi connectivity index (χ1) is 16.3. The summed E-state index contributed by atoms with van der Waals surface area (Å²) in [7, 11) is 1.64. The van der Waals surface area contributed by atoms with E-state index in [1.165, 1.54) is 0 Å². The van der Waals surface area contributed by atoms with Gasteiger partial charge < -0.3 is 14.3 Å². The van der Waals surface area contributed by atoms with Gasteiger partial charge in [0.15, 0.2) is 11.0 Å². The van der Waals surface area contributed by atoms with Crippen LogP contribution < -0.4 is 0 Å². The van der Waals surface area contributed by atoms with E-state index < -0.39 is 23.3 Å². The number of halogens is 3. The number of likely N-dealkylation sites (tertiary alicyclic amines) is 1. The summed E-state index contributed by atoms with van der Waals surface area (Å²) in [4.78, 5) is 15.1. The molecule has 5 heterocycles. The van der Waals surface area contributed by atoms with Crippen molar-refractivity contribution < 1.29 is 27.4 Å². The van der Waals surface area contributed by atoms with Crippen LogP contribution in [-0.4, -0.2) is 54.5 Å². The second-order valence-electron chi connectivity index (χ2n) is 8.54. The molecule has 184 valence electrons. The molecule has 1 fully saturated rings. The number of aromatic nitrogens is 2. The number of thiophene rings is 1. The van der Waals surface area contributed by atoms with Crippen LogP contribution in [-0.2, 0) is 32.3 Å². The highest BCUT2D eigenvalue weighted by Crippen LogP contribution is 2.51. The highest BCUT2D eigenvalue weighted by atomic mass is 32.1. The third kappa shape index (κ3) is 4.44. The standard InChI is InChI=1S/C22H25F3N4O2S.CH2O/c1-14-15(12-29(27-14)20-17(30-2)4-3-7-26-20)11-28-8-5-21(6-9-28)19-16(10-18(23)32-19)22(24,25)13-31-21;1-2/h7,10,12H,3-6,8-9,11,13H2,1-2H3;1H2. The Morgan fingerprint density at radius 1 is 1.29 bits per heavy atom. The van der Waals surface area contributed by atoms with Gasteiger partial charge in [0.25, 0.3) is 5.92 Å². The molecule has 34 heavy (non-hydrogen) atoms. The molecule has 1 spiro atoms. The van der Waals surface area contributed by atoms with E-state index >= 15 is 0 Å². The highest BCUT2D eigenvalue weighted by molar-refractivity contribution is 7.10. The first-order valence-corrected chi connectivity index (χ1v) is 11.8. The average molecular weight is 497 g/mol. The molecular formula is C23H27F3N4O3S. The molecule has 3 aliphatic heterocycles. The topological polar surface area (TPSA) is 69.0 Å². The normalized spacial score (nSPS) is 21.2. The summed E-state index contributed by atoms with van der Waals surface area (Å²) in [5, 5.41) is 4.04. The van der Waals surface area contributed by atoms with Crippen molar-refractivity contribution in [3.05, 3.63) is 44.9 Å². The van der Waals surface area contributed by atoms with Crippen LogP contribution >= 0.6 is 11.3 Å². The van der Waals surface area contributed by atoms with Crippen LogP contribution in [0.4, 0.5) is 13.2 Å². The minimum absolute atomic E-state index is 0.202. The molecule has 2 aromatic heterocycles. The lowest BCUT2D eigenvalue weighted by atomic mass is 9.84. The van der Waals surface area contributed by atoms with Crippen LogP contribution in [0.25, 0.3) is 5.82 Å². The van der Waals surface area contributed by atoms with Crippen LogP contribution in [0.5, 0.6) is 0 Å². The number of hydrogen-bond donors (Lipinski definition) is 0. The number of alkyl halides is 2. The zero-order chi connectivity index (χ0) is 24.5. The Kier molecular flexibility index (Phi) is 6.97. The number of hydrogen-bond acceptors (Lipinski definition) is 7. The fraction of sp³-hybridized carbons (Fsp3) is 0.522. The van der Waals surface area contributed by atoms with E-state index in [0.29, 0.717) is 43.2 Å². The maximum atomic E-state index is 14.2. The number of carbonyl (C=O) groups is 1. The van der Waals surface area contributed by atoms with E-state index in [1.54, 1.807) is 11.8 Å². The van der Waals surface area contributed by atoms with Crippen LogP contribution in [0.3, 0.4) is 0 Å². The number of methoxy groups -OCH3 is 1. The van der Waals surface area contributed by atoms with Gasteiger partial charge in [0.2, 0.25) is 0 Å². The molecule has 5 rings (SSSR count). The van der Waals surface area contributed by atoms with Crippen molar-refractivity contribution in [3.63, 3.8) is 0 Å². The number of fused-ring (bicyclic) bond motifs is 2. The molecule has 0 radical (unpaired) electrons. The molecule has 0 N–H and O–H groups in total. The number of rotatable bonds is 4. The van der Waals surface area contributed by atoms with Gasteiger partial charge in [0.05, 0.1) is 12.8 Å². The molecular weight excluding hydrogens is 469 g/mol. The molecule has 2 aromatic rings. The molecule has 0 unspecified atom stereocenters. The van der Waals surface area contributed by atoms with Crippen LogP contribution in [0.2, 0.25) is 0 Å². The smallest absolute Gasteiger partial charge is 0.297 e. The number of nitrogens with zero attached hydrogens (tertiary/aromatic N) is 4. The Bertz CT molecular complexity index is 1100. The van der Waals surface area contributed by atoms with Gasteiger partial charge in [-0.05, 0) is 32.3 Å². The first kappa shape index (κ1) is 24.6. The molecule has 0 bridgehead atoms. The molecule has 11 heteroatoms. The van der Waals surface area contributed by atoms with Gasteiger partial charge in [-0.15, -0.1) is 11.3 Å². The van der Waals surface area contributed by atoms with Crippen molar-refractivity contribution >= 4 is 30.2 Å². The summed E-state index contributed by atoms with van der Waals surface area (Å²) in [5.41, 5.74) is 0.956.